The molecule has 0 radical (unpaired) electrons. The van der Waals surface area contributed by atoms with Crippen LogP contribution in [-0.4, -0.2) is 75.2 Å². The monoisotopic (exact) mass is 668 g/mol. The van der Waals surface area contributed by atoms with Crippen molar-refractivity contribution in [3.63, 3.8) is 0 Å². The number of alkyl halides is 6. The summed E-state index contributed by atoms with van der Waals surface area (Å²) in [6.07, 6.45) is -4.62. The molecule has 1 spiro atoms. The fourth-order valence-electron chi connectivity index (χ4n) is 6.73. The van der Waals surface area contributed by atoms with E-state index in [1.807, 2.05) is 6.07 Å². The highest BCUT2D eigenvalue weighted by Gasteiger charge is 2.50. The van der Waals surface area contributed by atoms with Crippen molar-refractivity contribution in [1.82, 2.24) is 9.47 Å². The second-order valence-corrected chi connectivity index (χ2v) is 14.7. The van der Waals surface area contributed by atoms with Crippen molar-refractivity contribution < 1.29 is 39.5 Å². The van der Waals surface area contributed by atoms with Gasteiger partial charge in [0.05, 0.1) is 41.4 Å². The number of ether oxygens (including phenoxy) is 1. The van der Waals surface area contributed by atoms with E-state index in [2.05, 4.69) is 27.4 Å². The molecule has 7 nitrogen and oxygen atoms in total. The normalized spacial score (nSPS) is 21.7. The van der Waals surface area contributed by atoms with Gasteiger partial charge in [0.25, 0.3) is 0 Å². The van der Waals surface area contributed by atoms with E-state index in [1.165, 1.54) is 0 Å². The first-order valence-electron chi connectivity index (χ1n) is 15.0. The van der Waals surface area contributed by atoms with Crippen LogP contribution in [0.3, 0.4) is 0 Å². The van der Waals surface area contributed by atoms with Crippen LogP contribution in [0, 0.1) is 17.3 Å². The molecule has 3 aliphatic rings. The van der Waals surface area contributed by atoms with E-state index in [0.29, 0.717) is 34.1 Å². The Balaban J connectivity index is 1.18. The highest BCUT2D eigenvalue weighted by molar-refractivity contribution is 7.90. The van der Waals surface area contributed by atoms with Crippen molar-refractivity contribution in [2.45, 2.75) is 61.6 Å². The molecule has 2 aromatic carbocycles. The smallest absolute Gasteiger partial charge is 0.382 e. The predicted octanol–water partition coefficient (Wildman–Crippen LogP) is 6.14. The van der Waals surface area contributed by atoms with Gasteiger partial charge in [-0.3, -0.25) is 4.90 Å². The Labute approximate surface area is 263 Å². The van der Waals surface area contributed by atoms with Crippen molar-refractivity contribution in [2.75, 3.05) is 49.7 Å². The lowest BCUT2D eigenvalue weighted by Gasteiger charge is -2.58. The summed E-state index contributed by atoms with van der Waals surface area (Å²) < 4.78 is 112. The zero-order chi connectivity index (χ0) is 32.9. The number of fused-ring (bicyclic) bond motifs is 1. The van der Waals surface area contributed by atoms with Crippen LogP contribution in [0.15, 0.2) is 47.4 Å². The van der Waals surface area contributed by atoms with Gasteiger partial charge in [-0.2, -0.15) is 26.3 Å². The van der Waals surface area contributed by atoms with Gasteiger partial charge in [-0.15, -0.1) is 0 Å². The van der Waals surface area contributed by atoms with Crippen molar-refractivity contribution in [1.29, 1.82) is 0 Å². The molecule has 2 aliphatic heterocycles. The van der Waals surface area contributed by atoms with E-state index in [-0.39, 0.29) is 18.3 Å². The average Bonchev–Trinajstić information content (AvgIpc) is 3.26. The molecule has 1 aromatic heterocycles. The second-order valence-electron chi connectivity index (χ2n) is 12.6. The number of rotatable bonds is 7. The van der Waals surface area contributed by atoms with E-state index in [4.69, 9.17) is 4.74 Å². The molecule has 248 valence electrons. The first kappa shape index (κ1) is 32.5. The van der Waals surface area contributed by atoms with Crippen LogP contribution in [0.2, 0.25) is 0 Å². The Kier molecular flexibility index (Phi) is 8.48. The molecule has 1 saturated carbocycles. The zero-order valence-corrected chi connectivity index (χ0v) is 25.9. The van der Waals surface area contributed by atoms with Crippen molar-refractivity contribution in [3.8, 4) is 11.8 Å². The average molecular weight is 669 g/mol. The number of aromatic nitrogens is 1. The van der Waals surface area contributed by atoms with E-state index in [1.54, 1.807) is 18.2 Å². The predicted molar refractivity (Wildman–Crippen MR) is 162 cm³/mol. The van der Waals surface area contributed by atoms with Crippen molar-refractivity contribution in [3.05, 3.63) is 53.7 Å². The number of anilines is 2. The Morgan fingerprint density at radius 1 is 0.978 bits per heavy atom. The highest BCUT2D eigenvalue weighted by atomic mass is 32.2. The summed E-state index contributed by atoms with van der Waals surface area (Å²) >= 11 is 0. The SMILES string of the molecule is CS(=O)(=O)c1ccc(NCC#Cc2cc3c(N[C@H]4CC[C@H](N5CC6(COC6)C5)CC4)cccc3n2CC(F)(F)F)c(C(F)(F)F)c1. The van der Waals surface area contributed by atoms with Gasteiger partial charge in [0.2, 0.25) is 0 Å². The van der Waals surface area contributed by atoms with E-state index >= 15 is 0 Å². The number of nitrogens with one attached hydrogen (secondary N) is 2. The van der Waals surface area contributed by atoms with Gasteiger partial charge in [0.15, 0.2) is 9.84 Å². The minimum Gasteiger partial charge on any atom is -0.382 e. The zero-order valence-electron chi connectivity index (χ0n) is 25.1. The van der Waals surface area contributed by atoms with Gasteiger partial charge in [0.1, 0.15) is 6.54 Å². The van der Waals surface area contributed by atoms with Gasteiger partial charge in [-0.05, 0) is 68.0 Å². The maximum absolute atomic E-state index is 13.6. The van der Waals surface area contributed by atoms with Gasteiger partial charge in [-0.25, -0.2) is 8.42 Å². The molecule has 0 amide bonds. The Morgan fingerprint density at radius 2 is 1.70 bits per heavy atom. The van der Waals surface area contributed by atoms with Crippen LogP contribution >= 0.6 is 0 Å². The van der Waals surface area contributed by atoms with E-state index in [9.17, 15) is 34.8 Å². The summed E-state index contributed by atoms with van der Waals surface area (Å²) in [7, 11) is -3.88. The molecule has 46 heavy (non-hydrogen) atoms. The first-order valence-corrected chi connectivity index (χ1v) is 16.9. The third-order valence-corrected chi connectivity index (χ3v) is 10.2. The second kappa shape index (κ2) is 12.0. The standard InChI is InChI=1S/C32H34F6N4O3S/c1-46(43,44)24-11-12-28(26(15-24)32(36,37)38)39-13-3-4-23-14-25-27(5-2-6-29(25)42(23)18-31(33,34)35)40-21-7-9-22(10-8-21)41-16-30(17-41)19-45-20-30/h2,5-6,11-12,14-15,21-22,39-40H,7-10,13,16-20H2,1H3/t21-,22-. The Morgan fingerprint density at radius 3 is 2.30 bits per heavy atom. The molecule has 2 N–H and O–H groups in total. The first-order chi connectivity index (χ1) is 21.6. The van der Waals surface area contributed by atoms with Crippen molar-refractivity contribution in [2.24, 2.45) is 5.41 Å². The molecule has 0 unspecified atom stereocenters. The maximum Gasteiger partial charge on any atom is 0.418 e. The lowest BCUT2D eigenvalue weighted by atomic mass is 9.75. The molecular weight excluding hydrogens is 634 g/mol. The highest BCUT2D eigenvalue weighted by Crippen LogP contribution is 2.42. The molecule has 6 rings (SSSR count). The number of hydrogen-bond acceptors (Lipinski definition) is 6. The van der Waals surface area contributed by atoms with Crippen LogP contribution < -0.4 is 10.6 Å². The van der Waals surface area contributed by atoms with E-state index < -0.39 is 44.9 Å². The molecule has 0 atom stereocenters. The number of likely N-dealkylation sites (tertiary alicyclic amines) is 1. The lowest BCUT2D eigenvalue weighted by Crippen LogP contribution is -2.68. The van der Waals surface area contributed by atoms with Crippen LogP contribution in [0.25, 0.3) is 10.9 Å². The summed E-state index contributed by atoms with van der Waals surface area (Å²) in [5.41, 5.74) is -0.0900. The molecule has 1 aliphatic carbocycles. The van der Waals surface area contributed by atoms with E-state index in [0.717, 1.165) is 74.9 Å². The summed E-state index contributed by atoms with van der Waals surface area (Å²) in [5, 5.41) is 6.65. The molecule has 0 bridgehead atoms. The molecule has 3 aromatic rings. The van der Waals surface area contributed by atoms with Crippen molar-refractivity contribution >= 4 is 32.1 Å². The number of hydrogen-bond donors (Lipinski definition) is 2. The maximum atomic E-state index is 13.6. The van der Waals surface area contributed by atoms with Gasteiger partial charge >= 0.3 is 12.4 Å². The summed E-state index contributed by atoms with van der Waals surface area (Å²) in [5.74, 6) is 5.33. The number of halogens is 6. The summed E-state index contributed by atoms with van der Waals surface area (Å²) in [6.45, 7) is 2.26. The van der Waals surface area contributed by atoms with Crippen LogP contribution in [-0.2, 0) is 27.3 Å². The minimum atomic E-state index is -4.85. The van der Waals surface area contributed by atoms with Crippen LogP contribution in [0.4, 0.5) is 37.7 Å². The molecular formula is C32H34F6N4O3S. The van der Waals surface area contributed by atoms with Gasteiger partial charge < -0.3 is 19.9 Å². The van der Waals surface area contributed by atoms with Crippen LogP contribution in [0.1, 0.15) is 36.9 Å². The molecule has 2 saturated heterocycles. The Bertz CT molecular complexity index is 1770. The third-order valence-electron chi connectivity index (χ3n) is 9.06. The molecule has 14 heteroatoms. The third kappa shape index (κ3) is 6.96. The quantitative estimate of drug-likeness (QED) is 0.233. The fourth-order valence-corrected chi connectivity index (χ4v) is 7.38. The number of benzene rings is 2. The fraction of sp³-hybridized carbons (Fsp3) is 0.500. The minimum absolute atomic E-state index is 0.0715. The topological polar surface area (TPSA) is 75.6 Å². The lowest BCUT2D eigenvalue weighted by molar-refractivity contribution is -0.200. The molecule has 3 fully saturated rings. The van der Waals surface area contributed by atoms with Gasteiger partial charge in [-0.1, -0.05) is 12.0 Å². The number of sulfone groups is 1. The summed E-state index contributed by atoms with van der Waals surface area (Å²) in [4.78, 5) is 2.05. The number of nitrogens with zero attached hydrogens (tertiary/aromatic N) is 2. The molecule has 3 heterocycles. The Hall–Kier alpha value is -3.41. The largest absolute Gasteiger partial charge is 0.418 e. The van der Waals surface area contributed by atoms with Gasteiger partial charge in [0, 0.05) is 53.6 Å². The van der Waals surface area contributed by atoms with Crippen LogP contribution in [0.5, 0.6) is 0 Å². The summed E-state index contributed by atoms with van der Waals surface area (Å²) in [6, 6.07) is 9.99.